The third-order valence-electron chi connectivity index (χ3n) is 2.90. The Balaban J connectivity index is 2.64. The van der Waals surface area contributed by atoms with Gasteiger partial charge < -0.3 is 15.5 Å². The van der Waals surface area contributed by atoms with Gasteiger partial charge in [0.1, 0.15) is 6.04 Å². The molecule has 2 atom stereocenters. The Labute approximate surface area is 107 Å². The molecule has 0 saturated carbocycles. The molecule has 1 heterocycles. The Bertz CT molecular complexity index is 384. The van der Waals surface area contributed by atoms with E-state index in [0.717, 1.165) is 19.1 Å². The van der Waals surface area contributed by atoms with E-state index in [1.165, 1.54) is 4.31 Å². The van der Waals surface area contributed by atoms with E-state index < -0.39 is 34.7 Å². The third-order valence-corrected chi connectivity index (χ3v) is 4.19. The quantitative estimate of drug-likeness (QED) is 0.555. The number of hydrogen-bond donors (Lipinski definition) is 3. The Morgan fingerprint density at radius 1 is 1.50 bits per heavy atom. The number of sulfonamides is 1. The lowest BCUT2D eigenvalue weighted by molar-refractivity contribution is -0.126. The first-order chi connectivity index (χ1) is 8.36. The molecule has 1 saturated heterocycles. The zero-order chi connectivity index (χ0) is 13.8. The number of carbonyl (C=O) groups excluding carboxylic acids is 1. The highest BCUT2D eigenvalue weighted by atomic mass is 32.2. The predicted molar refractivity (Wildman–Crippen MR) is 65.3 cm³/mol. The summed E-state index contributed by atoms with van der Waals surface area (Å²) in [5, 5.41) is 20.2. The smallest absolute Gasteiger partial charge is 0.238 e. The molecular formula is C10H20N2O5S. The fourth-order valence-corrected chi connectivity index (χ4v) is 3.09. The monoisotopic (exact) mass is 280 g/mol. The molecule has 1 amide bonds. The van der Waals surface area contributed by atoms with Crippen molar-refractivity contribution >= 4 is 15.9 Å². The van der Waals surface area contributed by atoms with Gasteiger partial charge in [0.25, 0.3) is 0 Å². The minimum Gasteiger partial charge on any atom is -0.394 e. The highest BCUT2D eigenvalue weighted by Crippen LogP contribution is 2.19. The molecule has 0 aromatic rings. The highest BCUT2D eigenvalue weighted by molar-refractivity contribution is 7.88. The van der Waals surface area contributed by atoms with E-state index in [9.17, 15) is 13.2 Å². The van der Waals surface area contributed by atoms with Crippen molar-refractivity contribution in [3.8, 4) is 0 Å². The first-order valence-electron chi connectivity index (χ1n) is 5.89. The minimum absolute atomic E-state index is 0.0799. The number of piperidine rings is 1. The second kappa shape index (κ2) is 6.46. The zero-order valence-electron chi connectivity index (χ0n) is 10.4. The second-order valence-electron chi connectivity index (χ2n) is 4.47. The number of hydrogen-bond acceptors (Lipinski definition) is 5. The van der Waals surface area contributed by atoms with Crippen LogP contribution in [0.2, 0.25) is 0 Å². The number of aliphatic hydroxyl groups is 2. The topological polar surface area (TPSA) is 107 Å². The van der Waals surface area contributed by atoms with E-state index in [4.69, 9.17) is 10.2 Å². The number of nitrogens with zero attached hydrogens (tertiary/aromatic N) is 1. The van der Waals surface area contributed by atoms with Crippen molar-refractivity contribution in [2.45, 2.75) is 31.4 Å². The van der Waals surface area contributed by atoms with Crippen molar-refractivity contribution in [1.82, 2.24) is 9.62 Å². The molecule has 0 aliphatic carbocycles. The van der Waals surface area contributed by atoms with Crippen LogP contribution in [0, 0.1) is 0 Å². The molecule has 0 spiro atoms. The maximum Gasteiger partial charge on any atom is 0.238 e. The number of carbonyl (C=O) groups is 1. The van der Waals surface area contributed by atoms with E-state index in [0.29, 0.717) is 13.0 Å². The molecule has 1 aliphatic heterocycles. The van der Waals surface area contributed by atoms with Crippen molar-refractivity contribution in [1.29, 1.82) is 0 Å². The van der Waals surface area contributed by atoms with Gasteiger partial charge in [-0.15, -0.1) is 0 Å². The fourth-order valence-electron chi connectivity index (χ4n) is 1.96. The Morgan fingerprint density at radius 2 is 2.17 bits per heavy atom. The van der Waals surface area contributed by atoms with Crippen molar-refractivity contribution in [2.75, 3.05) is 26.0 Å². The summed E-state index contributed by atoms with van der Waals surface area (Å²) in [7, 11) is -3.40. The Kier molecular flexibility index (Phi) is 5.51. The molecule has 0 bridgehead atoms. The molecule has 8 heteroatoms. The van der Waals surface area contributed by atoms with E-state index in [1.54, 1.807) is 0 Å². The summed E-state index contributed by atoms with van der Waals surface area (Å²) in [5.74, 6) is -0.423. The molecule has 1 aliphatic rings. The lowest BCUT2D eigenvalue weighted by atomic mass is 10.0. The largest absolute Gasteiger partial charge is 0.394 e. The molecule has 3 N–H and O–H groups in total. The standard InChI is InChI=1S/C10H20N2O5S/c1-18(16,17)12-5-3-2-4-9(12)10(15)11-6-8(14)7-13/h8-9,13-14H,2-7H2,1H3,(H,11,15). The summed E-state index contributed by atoms with van der Waals surface area (Å²) in [5.41, 5.74) is 0. The molecule has 0 aromatic carbocycles. The summed E-state index contributed by atoms with van der Waals surface area (Å²) in [6.07, 6.45) is 2.09. The molecule has 1 rings (SSSR count). The van der Waals surface area contributed by atoms with Crippen LogP contribution in [-0.2, 0) is 14.8 Å². The molecule has 2 unspecified atom stereocenters. The summed E-state index contributed by atoms with van der Waals surface area (Å²) >= 11 is 0. The van der Waals surface area contributed by atoms with Gasteiger partial charge in [-0.3, -0.25) is 4.79 Å². The van der Waals surface area contributed by atoms with Gasteiger partial charge in [-0.05, 0) is 12.8 Å². The fraction of sp³-hybridized carbons (Fsp3) is 0.900. The Morgan fingerprint density at radius 3 is 2.72 bits per heavy atom. The van der Waals surface area contributed by atoms with Gasteiger partial charge in [0.15, 0.2) is 0 Å². The van der Waals surface area contributed by atoms with Crippen LogP contribution in [0.25, 0.3) is 0 Å². The molecule has 106 valence electrons. The molecule has 0 radical (unpaired) electrons. The minimum atomic E-state index is -3.40. The number of aliphatic hydroxyl groups excluding tert-OH is 2. The van der Waals surface area contributed by atoms with Gasteiger partial charge in [0.2, 0.25) is 15.9 Å². The van der Waals surface area contributed by atoms with Crippen LogP contribution in [0.3, 0.4) is 0 Å². The van der Waals surface area contributed by atoms with Crippen LogP contribution in [0.15, 0.2) is 0 Å². The maximum atomic E-state index is 11.9. The van der Waals surface area contributed by atoms with E-state index in [2.05, 4.69) is 5.32 Å². The average molecular weight is 280 g/mol. The van der Waals surface area contributed by atoms with E-state index in [1.807, 2.05) is 0 Å². The lowest BCUT2D eigenvalue weighted by Crippen LogP contribution is -2.52. The summed E-state index contributed by atoms with van der Waals surface area (Å²) in [4.78, 5) is 11.9. The first kappa shape index (κ1) is 15.4. The number of nitrogens with one attached hydrogen (secondary N) is 1. The SMILES string of the molecule is CS(=O)(=O)N1CCCCC1C(=O)NCC(O)CO. The molecule has 0 aromatic heterocycles. The average Bonchev–Trinajstić information content (AvgIpc) is 2.34. The molecular weight excluding hydrogens is 260 g/mol. The summed E-state index contributed by atoms with van der Waals surface area (Å²) < 4.78 is 24.3. The van der Waals surface area contributed by atoms with Crippen LogP contribution < -0.4 is 5.32 Å². The van der Waals surface area contributed by atoms with Crippen molar-refractivity contribution in [3.05, 3.63) is 0 Å². The van der Waals surface area contributed by atoms with E-state index in [-0.39, 0.29) is 6.54 Å². The van der Waals surface area contributed by atoms with Gasteiger partial charge >= 0.3 is 0 Å². The first-order valence-corrected chi connectivity index (χ1v) is 7.74. The Hall–Kier alpha value is -0.700. The molecule has 18 heavy (non-hydrogen) atoms. The normalized spacial score (nSPS) is 23.6. The van der Waals surface area contributed by atoms with Crippen molar-refractivity contribution in [3.63, 3.8) is 0 Å². The zero-order valence-corrected chi connectivity index (χ0v) is 11.2. The lowest BCUT2D eigenvalue weighted by Gasteiger charge is -2.32. The van der Waals surface area contributed by atoms with Crippen LogP contribution in [0.5, 0.6) is 0 Å². The van der Waals surface area contributed by atoms with Crippen molar-refractivity contribution < 1.29 is 23.4 Å². The second-order valence-corrected chi connectivity index (χ2v) is 6.40. The van der Waals surface area contributed by atoms with Crippen LogP contribution in [0.1, 0.15) is 19.3 Å². The van der Waals surface area contributed by atoms with Crippen molar-refractivity contribution in [2.24, 2.45) is 0 Å². The third kappa shape index (κ3) is 4.20. The predicted octanol–water partition coefficient (Wildman–Crippen LogP) is -1.73. The van der Waals surface area contributed by atoms with Crippen LogP contribution >= 0.6 is 0 Å². The maximum absolute atomic E-state index is 11.9. The molecule has 7 nitrogen and oxygen atoms in total. The van der Waals surface area contributed by atoms with E-state index >= 15 is 0 Å². The van der Waals surface area contributed by atoms with Gasteiger partial charge in [-0.1, -0.05) is 6.42 Å². The van der Waals surface area contributed by atoms with Gasteiger partial charge in [0, 0.05) is 13.1 Å². The number of amides is 1. The van der Waals surface area contributed by atoms with Gasteiger partial charge in [-0.25, -0.2) is 8.42 Å². The summed E-state index contributed by atoms with van der Waals surface area (Å²) in [6, 6.07) is -0.709. The van der Waals surface area contributed by atoms with Crippen LogP contribution in [-0.4, -0.2) is 66.9 Å². The highest BCUT2D eigenvalue weighted by Gasteiger charge is 2.34. The summed E-state index contributed by atoms with van der Waals surface area (Å²) in [6.45, 7) is -0.177. The van der Waals surface area contributed by atoms with Gasteiger partial charge in [0.05, 0.1) is 19.0 Å². The van der Waals surface area contributed by atoms with Gasteiger partial charge in [-0.2, -0.15) is 4.31 Å². The molecule has 1 fully saturated rings. The van der Waals surface area contributed by atoms with Crippen LogP contribution in [0.4, 0.5) is 0 Å². The number of rotatable bonds is 5.